The van der Waals surface area contributed by atoms with Gasteiger partial charge in [-0.1, -0.05) is 42.5 Å². The van der Waals surface area contributed by atoms with E-state index in [1.807, 2.05) is 55.5 Å². The number of aromatic nitrogens is 2. The van der Waals surface area contributed by atoms with Gasteiger partial charge < -0.3 is 20.5 Å². The number of benzene rings is 2. The molecular weight excluding hydrogens is 547 g/mol. The van der Waals surface area contributed by atoms with Gasteiger partial charge in [0, 0.05) is 24.4 Å². The Balaban J connectivity index is 1.20. The van der Waals surface area contributed by atoms with Gasteiger partial charge in [-0.2, -0.15) is 0 Å². The normalized spacial score (nSPS) is 16.3. The van der Waals surface area contributed by atoms with E-state index in [-0.39, 0.29) is 36.0 Å². The maximum absolute atomic E-state index is 14.2. The molecule has 3 N–H and O–H groups in total. The van der Waals surface area contributed by atoms with E-state index in [4.69, 9.17) is 9.84 Å². The van der Waals surface area contributed by atoms with Crippen LogP contribution >= 0.6 is 0 Å². The van der Waals surface area contributed by atoms with Crippen molar-refractivity contribution in [2.24, 2.45) is 0 Å². The fraction of sp³-hybridized carbons (Fsp3) is 0.294. The van der Waals surface area contributed by atoms with Crippen LogP contribution in [0.1, 0.15) is 64.2 Å². The lowest BCUT2D eigenvalue weighted by Gasteiger charge is -2.29. The molecule has 222 valence electrons. The van der Waals surface area contributed by atoms with Crippen molar-refractivity contribution >= 4 is 11.8 Å². The number of nitrogens with one attached hydrogen (secondary N) is 2. The van der Waals surface area contributed by atoms with Gasteiger partial charge in [0.2, 0.25) is 5.88 Å². The molecule has 0 spiro atoms. The van der Waals surface area contributed by atoms with Crippen LogP contribution in [0.2, 0.25) is 0 Å². The zero-order valence-corrected chi connectivity index (χ0v) is 24.1. The highest BCUT2D eigenvalue weighted by Gasteiger charge is 2.26. The molecule has 0 aliphatic heterocycles. The van der Waals surface area contributed by atoms with Crippen LogP contribution in [0.5, 0.6) is 11.6 Å². The smallest absolute Gasteiger partial charge is 0.270 e. The summed E-state index contributed by atoms with van der Waals surface area (Å²) in [5.41, 5.74) is 4.24. The first-order valence-electron chi connectivity index (χ1n) is 14.6. The number of hydrogen-bond acceptors (Lipinski definition) is 6. The van der Waals surface area contributed by atoms with Crippen LogP contribution in [0.25, 0.3) is 11.1 Å². The molecule has 2 aromatic heterocycles. The van der Waals surface area contributed by atoms with Crippen LogP contribution in [0.3, 0.4) is 0 Å². The molecule has 2 heterocycles. The second-order valence-corrected chi connectivity index (χ2v) is 10.8. The fourth-order valence-corrected chi connectivity index (χ4v) is 5.24. The second-order valence-electron chi connectivity index (χ2n) is 10.8. The molecule has 1 aliphatic carbocycles. The maximum Gasteiger partial charge on any atom is 0.270 e. The Labute approximate surface area is 250 Å². The predicted molar refractivity (Wildman–Crippen MR) is 162 cm³/mol. The summed E-state index contributed by atoms with van der Waals surface area (Å²) in [4.78, 5) is 34.2. The lowest BCUT2D eigenvalue weighted by Crippen LogP contribution is -2.44. The molecule has 2 amide bonds. The van der Waals surface area contributed by atoms with Gasteiger partial charge >= 0.3 is 0 Å². The first-order valence-corrected chi connectivity index (χ1v) is 14.6. The number of ether oxygens (including phenoxy) is 1. The molecule has 5 rings (SSSR count). The standard InChI is InChI=1S/C34H35FN4O4/c1-22-5-2-9-31(37-22)33(42)39-28-16-14-27(15-17-28)38-32(41)30-20-26(35)21-36-34(30)43-29-8-3-7-25(19-29)24-12-10-23(11-13-24)6-4-18-40/h2-3,5,7-13,19-21,27-28,40H,4,6,14-18H2,1H3,(H,38,41)(H,39,42). The van der Waals surface area contributed by atoms with Gasteiger partial charge in [0.1, 0.15) is 22.8 Å². The van der Waals surface area contributed by atoms with E-state index in [9.17, 15) is 14.0 Å². The van der Waals surface area contributed by atoms with Gasteiger partial charge in [0.05, 0.1) is 6.20 Å². The molecule has 2 aromatic carbocycles. The number of amides is 2. The fourth-order valence-electron chi connectivity index (χ4n) is 5.24. The lowest BCUT2D eigenvalue weighted by molar-refractivity contribution is 0.0887. The minimum absolute atomic E-state index is 0.0123. The number of halogens is 1. The highest BCUT2D eigenvalue weighted by Crippen LogP contribution is 2.29. The molecule has 0 radical (unpaired) electrons. The maximum atomic E-state index is 14.2. The predicted octanol–water partition coefficient (Wildman–Crippen LogP) is 5.78. The quantitative estimate of drug-likeness (QED) is 0.219. The first-order chi connectivity index (χ1) is 20.9. The van der Waals surface area contributed by atoms with Gasteiger partial charge in [-0.15, -0.1) is 0 Å². The van der Waals surface area contributed by atoms with Crippen LogP contribution < -0.4 is 15.4 Å². The Hall–Kier alpha value is -4.63. The highest BCUT2D eigenvalue weighted by molar-refractivity contribution is 5.96. The van der Waals surface area contributed by atoms with Crippen molar-refractivity contribution in [1.82, 2.24) is 20.6 Å². The Kier molecular flexibility index (Phi) is 9.73. The van der Waals surface area contributed by atoms with E-state index < -0.39 is 11.7 Å². The molecule has 1 saturated carbocycles. The summed E-state index contributed by atoms with van der Waals surface area (Å²) in [5.74, 6) is -0.823. The minimum atomic E-state index is -0.635. The molecule has 1 aliphatic rings. The number of pyridine rings is 2. The molecule has 0 unspecified atom stereocenters. The van der Waals surface area contributed by atoms with Crippen LogP contribution in [-0.2, 0) is 6.42 Å². The topological polar surface area (TPSA) is 113 Å². The van der Waals surface area contributed by atoms with Crippen molar-refractivity contribution in [3.05, 3.63) is 107 Å². The molecule has 8 nitrogen and oxygen atoms in total. The average Bonchev–Trinajstić information content (AvgIpc) is 3.02. The summed E-state index contributed by atoms with van der Waals surface area (Å²) < 4.78 is 20.2. The summed E-state index contributed by atoms with van der Waals surface area (Å²) in [6.45, 7) is 2.00. The highest BCUT2D eigenvalue weighted by atomic mass is 19.1. The third kappa shape index (κ3) is 8.02. The van der Waals surface area contributed by atoms with Crippen LogP contribution in [0.15, 0.2) is 79.0 Å². The van der Waals surface area contributed by atoms with Crippen LogP contribution in [-0.4, -0.2) is 45.6 Å². The SMILES string of the molecule is Cc1cccc(C(=O)NC2CCC(NC(=O)c3cc(F)cnc3Oc3cccc(-c4ccc(CCCO)cc4)c3)CC2)n1. The van der Waals surface area contributed by atoms with E-state index in [2.05, 4.69) is 20.6 Å². The minimum Gasteiger partial charge on any atom is -0.438 e. The zero-order chi connectivity index (χ0) is 30.2. The van der Waals surface area contributed by atoms with Gasteiger partial charge in [-0.3, -0.25) is 9.59 Å². The van der Waals surface area contributed by atoms with Gasteiger partial charge in [0.25, 0.3) is 11.8 Å². The molecule has 1 fully saturated rings. The van der Waals surface area contributed by atoms with Crippen molar-refractivity contribution in [3.8, 4) is 22.8 Å². The largest absolute Gasteiger partial charge is 0.438 e. The van der Waals surface area contributed by atoms with Crippen molar-refractivity contribution in [3.63, 3.8) is 0 Å². The van der Waals surface area contributed by atoms with Gasteiger partial charge in [0.15, 0.2) is 0 Å². The van der Waals surface area contributed by atoms with E-state index in [1.165, 1.54) is 0 Å². The number of rotatable bonds is 10. The van der Waals surface area contributed by atoms with Crippen LogP contribution in [0.4, 0.5) is 4.39 Å². The molecule has 4 aromatic rings. The van der Waals surface area contributed by atoms with Crippen LogP contribution in [0, 0.1) is 12.7 Å². The number of aryl methyl sites for hydroxylation is 2. The number of carbonyl (C=O) groups excluding carboxylic acids is 2. The summed E-state index contributed by atoms with van der Waals surface area (Å²) in [5, 5.41) is 15.1. The zero-order valence-electron chi connectivity index (χ0n) is 24.1. The average molecular weight is 583 g/mol. The molecule has 0 atom stereocenters. The first kappa shape index (κ1) is 29.8. The molecule has 0 bridgehead atoms. The number of aliphatic hydroxyl groups excluding tert-OH is 1. The number of hydrogen-bond donors (Lipinski definition) is 3. The Bertz CT molecular complexity index is 1570. The van der Waals surface area contributed by atoms with E-state index in [0.29, 0.717) is 37.1 Å². The van der Waals surface area contributed by atoms with E-state index in [0.717, 1.165) is 47.5 Å². The van der Waals surface area contributed by atoms with Crippen molar-refractivity contribution < 1.29 is 23.8 Å². The van der Waals surface area contributed by atoms with E-state index in [1.54, 1.807) is 18.2 Å². The van der Waals surface area contributed by atoms with E-state index >= 15 is 0 Å². The number of aliphatic hydroxyl groups is 1. The van der Waals surface area contributed by atoms with Crippen molar-refractivity contribution in [2.75, 3.05) is 6.61 Å². The summed E-state index contributed by atoms with van der Waals surface area (Å²) in [7, 11) is 0. The third-order valence-electron chi connectivity index (χ3n) is 7.54. The van der Waals surface area contributed by atoms with Gasteiger partial charge in [-0.25, -0.2) is 14.4 Å². The Morgan fingerprint density at radius 1 is 0.907 bits per heavy atom. The van der Waals surface area contributed by atoms with Crippen molar-refractivity contribution in [2.45, 2.75) is 57.5 Å². The third-order valence-corrected chi connectivity index (χ3v) is 7.54. The number of nitrogens with zero attached hydrogens (tertiary/aromatic N) is 2. The summed E-state index contributed by atoms with van der Waals surface area (Å²) in [6.07, 6.45) is 5.28. The molecular formula is C34H35FN4O4. The Morgan fingerprint density at radius 2 is 1.60 bits per heavy atom. The molecule has 43 heavy (non-hydrogen) atoms. The second kappa shape index (κ2) is 14.0. The lowest BCUT2D eigenvalue weighted by atomic mass is 9.91. The molecule has 0 saturated heterocycles. The Morgan fingerprint density at radius 3 is 2.30 bits per heavy atom. The summed E-state index contributed by atoms with van der Waals surface area (Å²) in [6, 6.07) is 21.8. The molecule has 9 heteroatoms. The monoisotopic (exact) mass is 582 g/mol. The van der Waals surface area contributed by atoms with Crippen molar-refractivity contribution in [1.29, 1.82) is 0 Å². The van der Waals surface area contributed by atoms with Gasteiger partial charge in [-0.05, 0) is 92.5 Å². The summed E-state index contributed by atoms with van der Waals surface area (Å²) >= 11 is 0. The number of carbonyl (C=O) groups is 2.